The molecule has 0 saturated carbocycles. The minimum absolute atomic E-state index is 0.183. The molecule has 450 valence electrons. The average molecular weight is 1250 g/mol. The van der Waals surface area contributed by atoms with Crippen molar-refractivity contribution in [1.29, 1.82) is 0 Å². The van der Waals surface area contributed by atoms with Crippen LogP contribution in [0.15, 0.2) is 388 Å². The van der Waals surface area contributed by atoms with E-state index in [0.29, 0.717) is 0 Å². The minimum atomic E-state index is -3.06. The Morgan fingerprint density at radius 2 is 0.604 bits per heavy atom. The van der Waals surface area contributed by atoms with Gasteiger partial charge in [0.25, 0.3) is 6.71 Å². The molecule has 3 nitrogen and oxygen atoms in total. The zero-order valence-corrected chi connectivity index (χ0v) is 54.9. The smallest absolute Gasteiger partial charge is 0.252 e. The first-order valence-electron chi connectivity index (χ1n) is 33.3. The van der Waals surface area contributed by atoms with Crippen molar-refractivity contribution in [3.63, 3.8) is 0 Å². The monoisotopic (exact) mass is 1250 g/mol. The fourth-order valence-electron chi connectivity index (χ4n) is 16.5. The fourth-order valence-corrected chi connectivity index (χ4v) is 26.0. The van der Waals surface area contributed by atoms with E-state index < -0.39 is 16.1 Å². The van der Waals surface area contributed by atoms with E-state index in [0.717, 1.165) is 56.3 Å². The van der Waals surface area contributed by atoms with Crippen molar-refractivity contribution in [2.24, 2.45) is 0 Å². The van der Waals surface area contributed by atoms with Crippen LogP contribution in [-0.2, 0) is 0 Å². The van der Waals surface area contributed by atoms with E-state index in [-0.39, 0.29) is 6.71 Å². The minimum Gasteiger partial charge on any atom is -0.311 e. The van der Waals surface area contributed by atoms with E-state index in [9.17, 15) is 0 Å². The Kier molecular flexibility index (Phi) is 14.0. The number of nitrogens with zero attached hydrogens (tertiary/aromatic N) is 3. The lowest BCUT2D eigenvalue weighted by molar-refractivity contribution is 1.16. The van der Waals surface area contributed by atoms with Gasteiger partial charge in [0.15, 0.2) is 16.1 Å². The van der Waals surface area contributed by atoms with Gasteiger partial charge in [-0.15, -0.1) is 0 Å². The number of para-hydroxylation sites is 3. The third kappa shape index (κ3) is 9.01. The molecule has 2 aliphatic heterocycles. The van der Waals surface area contributed by atoms with Crippen LogP contribution >= 0.6 is 0 Å². The Labute approximate surface area is 563 Å². The molecule has 0 amide bonds. The van der Waals surface area contributed by atoms with Crippen molar-refractivity contribution in [1.82, 2.24) is 4.57 Å². The van der Waals surface area contributed by atoms with E-state index >= 15 is 0 Å². The lowest BCUT2D eigenvalue weighted by Crippen LogP contribution is -2.74. The molecular formula is C90H64BN3Si2. The fraction of sp³-hybridized carbons (Fsp3) is 0. The highest BCUT2D eigenvalue weighted by Crippen LogP contribution is 2.49. The van der Waals surface area contributed by atoms with E-state index in [2.05, 4.69) is 403 Å². The van der Waals surface area contributed by atoms with Crippen molar-refractivity contribution in [2.45, 2.75) is 0 Å². The third-order valence-electron chi connectivity index (χ3n) is 20.4. The van der Waals surface area contributed by atoms with Crippen molar-refractivity contribution >= 4 is 137 Å². The number of hydrogen-bond donors (Lipinski definition) is 0. The highest BCUT2D eigenvalue weighted by molar-refractivity contribution is 7.20. The first-order chi connectivity index (χ1) is 47.7. The molecule has 0 fully saturated rings. The maximum atomic E-state index is 2.67. The Balaban J connectivity index is 0.985. The second-order valence-electron chi connectivity index (χ2n) is 25.4. The highest BCUT2D eigenvalue weighted by Gasteiger charge is 2.48. The first kappa shape index (κ1) is 56.9. The summed E-state index contributed by atoms with van der Waals surface area (Å²) in [5.74, 6) is 0. The Morgan fingerprint density at radius 3 is 1.06 bits per heavy atom. The highest BCUT2D eigenvalue weighted by atomic mass is 28.3. The van der Waals surface area contributed by atoms with Gasteiger partial charge in [0, 0.05) is 50.5 Å². The number of rotatable bonds is 13. The number of benzene rings is 15. The summed E-state index contributed by atoms with van der Waals surface area (Å²) < 4.78 is 2.53. The molecule has 6 heteroatoms. The second kappa shape index (κ2) is 23.6. The largest absolute Gasteiger partial charge is 0.311 e. The molecule has 15 aromatic carbocycles. The van der Waals surface area contributed by atoms with Crippen molar-refractivity contribution < 1.29 is 0 Å². The number of anilines is 6. The molecule has 18 rings (SSSR count). The summed E-state index contributed by atoms with van der Waals surface area (Å²) in [6, 6.07) is 147. The molecule has 1 aromatic heterocycles. The maximum absolute atomic E-state index is 3.06. The summed E-state index contributed by atoms with van der Waals surface area (Å²) >= 11 is 0. The number of aromatic nitrogens is 1. The number of fused-ring (bicyclic) bond motifs is 7. The van der Waals surface area contributed by atoms with Crippen LogP contribution in [0.25, 0.3) is 49.7 Å². The summed E-state index contributed by atoms with van der Waals surface area (Å²) in [5.41, 5.74) is 18.6. The van der Waals surface area contributed by atoms with Crippen LogP contribution in [0.3, 0.4) is 0 Å². The number of hydrogen-bond acceptors (Lipinski definition) is 2. The van der Waals surface area contributed by atoms with Crippen molar-refractivity contribution in [2.75, 3.05) is 9.80 Å². The van der Waals surface area contributed by atoms with Gasteiger partial charge in [0.05, 0.1) is 16.7 Å². The maximum Gasteiger partial charge on any atom is 0.252 e. The van der Waals surface area contributed by atoms with Gasteiger partial charge in [-0.2, -0.15) is 0 Å². The molecule has 0 unspecified atom stereocenters. The quantitative estimate of drug-likeness (QED) is 0.0842. The van der Waals surface area contributed by atoms with Gasteiger partial charge >= 0.3 is 0 Å². The molecule has 0 N–H and O–H groups in total. The van der Waals surface area contributed by atoms with Gasteiger partial charge in [-0.1, -0.05) is 334 Å². The Morgan fingerprint density at radius 1 is 0.229 bits per heavy atom. The molecule has 0 atom stereocenters. The van der Waals surface area contributed by atoms with Gasteiger partial charge in [0.2, 0.25) is 0 Å². The Hall–Kier alpha value is -11.8. The van der Waals surface area contributed by atoms with Crippen LogP contribution in [-0.4, -0.2) is 27.4 Å². The molecule has 16 aromatic rings. The van der Waals surface area contributed by atoms with Crippen molar-refractivity contribution in [3.05, 3.63) is 388 Å². The Bertz CT molecular complexity index is 5290. The van der Waals surface area contributed by atoms with Gasteiger partial charge < -0.3 is 14.4 Å². The zero-order chi connectivity index (χ0) is 63.6. The summed E-state index contributed by atoms with van der Waals surface area (Å²) in [4.78, 5) is 5.32. The molecule has 3 heterocycles. The lowest BCUT2D eigenvalue weighted by Gasteiger charge is -2.45. The van der Waals surface area contributed by atoms with Crippen LogP contribution in [0.1, 0.15) is 0 Å². The van der Waals surface area contributed by atoms with Crippen LogP contribution in [0.5, 0.6) is 0 Å². The van der Waals surface area contributed by atoms with Gasteiger partial charge in [-0.05, 0) is 129 Å². The van der Waals surface area contributed by atoms with Gasteiger partial charge in [-0.25, -0.2) is 0 Å². The van der Waals surface area contributed by atoms with Gasteiger partial charge in [-0.3, -0.25) is 0 Å². The molecule has 0 saturated heterocycles. The molecule has 96 heavy (non-hydrogen) atoms. The van der Waals surface area contributed by atoms with Gasteiger partial charge in [0.1, 0.15) is 0 Å². The van der Waals surface area contributed by atoms with Crippen LogP contribution in [0.2, 0.25) is 0 Å². The molecule has 0 spiro atoms. The van der Waals surface area contributed by atoms with Crippen molar-refractivity contribution in [3.8, 4) is 27.9 Å². The van der Waals surface area contributed by atoms with Crippen LogP contribution in [0.4, 0.5) is 34.1 Å². The second-order valence-corrected chi connectivity index (χ2v) is 33.0. The normalized spacial score (nSPS) is 12.5. The van der Waals surface area contributed by atoms with E-state index in [4.69, 9.17) is 0 Å². The standard InChI is InChI=1S/C90H64BN3Si2/c1-9-32-65(33-10-1)67-58-59-82-86(60-67)92(68-36-29-50-77(61-68)95(71-38-13-3-14-39-71,72-40-15-4-16-41-72)73-42-17-5-18-43-73)87-63-70(93-84-56-27-25-52-80(84)81-53-26-28-57-85(81)93)64-88-89(87)91(82)83-55-31-54-79(66-34-11-2-12-35-66)90(83)94(88)69-37-30-51-78(62-69)96(74-44-19-6-20-45-74,75-46-21-7-22-47-75)76-48-23-8-24-49-76/h1-64H. The topological polar surface area (TPSA) is 11.4 Å². The SMILES string of the molecule is c1ccc(-c2ccc3c(c2)N(c2cccc([Si](c4ccccc4)(c4ccccc4)c4ccccc4)c2)c2cc(-n4c5ccccc5c5ccccc54)cc4c2B3c2cccc(-c3ccccc3)c2N4c2cccc([Si](c3ccccc3)(c3ccccc3)c3ccccc3)c2)cc1. The summed E-state index contributed by atoms with van der Waals surface area (Å²) in [6.45, 7) is -0.183. The predicted octanol–water partition coefficient (Wildman–Crippen LogP) is 15.0. The average Bonchev–Trinajstić information content (AvgIpc) is 0.747. The third-order valence-corrected chi connectivity index (χ3v) is 30.0. The summed E-state index contributed by atoms with van der Waals surface area (Å²) in [5, 5.41) is 13.0. The van der Waals surface area contributed by atoms with E-state index in [1.165, 1.54) is 85.5 Å². The molecule has 0 bridgehead atoms. The first-order valence-corrected chi connectivity index (χ1v) is 37.3. The summed E-state index contributed by atoms with van der Waals surface area (Å²) in [7, 11) is -6.11. The van der Waals surface area contributed by atoms with E-state index in [1.54, 1.807) is 0 Å². The molecule has 0 aliphatic carbocycles. The predicted molar refractivity (Wildman–Crippen MR) is 413 cm³/mol. The lowest BCUT2D eigenvalue weighted by atomic mass is 9.33. The summed E-state index contributed by atoms with van der Waals surface area (Å²) in [6.07, 6.45) is 0. The van der Waals surface area contributed by atoms with Crippen LogP contribution < -0.4 is 67.7 Å². The molecular weight excluding hydrogens is 1190 g/mol. The zero-order valence-electron chi connectivity index (χ0n) is 52.9. The molecule has 0 radical (unpaired) electrons. The van der Waals surface area contributed by atoms with Crippen LogP contribution in [0, 0.1) is 0 Å². The molecule has 2 aliphatic rings. The van der Waals surface area contributed by atoms with E-state index in [1.807, 2.05) is 0 Å².